The highest BCUT2D eigenvalue weighted by molar-refractivity contribution is 6.31. The van der Waals surface area contributed by atoms with Gasteiger partial charge in [-0.2, -0.15) is 5.10 Å². The van der Waals surface area contributed by atoms with E-state index in [1.807, 2.05) is 23.1 Å². The van der Waals surface area contributed by atoms with Crippen LogP contribution in [0.3, 0.4) is 0 Å². The van der Waals surface area contributed by atoms with Gasteiger partial charge in [0.25, 0.3) is 0 Å². The molecule has 1 unspecified atom stereocenters. The number of halogens is 1. The Bertz CT molecular complexity index is 764. The Morgan fingerprint density at radius 1 is 1.31 bits per heavy atom. The summed E-state index contributed by atoms with van der Waals surface area (Å²) >= 11 is 6.31. The van der Waals surface area contributed by atoms with Crippen LogP contribution in [0.5, 0.6) is 0 Å². The van der Waals surface area contributed by atoms with Gasteiger partial charge in [-0.3, -0.25) is 9.48 Å². The third kappa shape index (κ3) is 3.79. The normalized spacial score (nSPS) is 20.0. The van der Waals surface area contributed by atoms with Crippen LogP contribution in [0.4, 0.5) is 0 Å². The minimum atomic E-state index is 0.223. The Hall–Kier alpha value is -1.85. The monoisotopic (exact) mass is 372 g/mol. The molecule has 6 heteroatoms. The number of aryl methyl sites for hydroxylation is 2. The number of hydrogen-bond donors (Lipinski definition) is 1. The number of carbonyl (C=O) groups is 1. The quantitative estimate of drug-likeness (QED) is 0.897. The van der Waals surface area contributed by atoms with E-state index in [9.17, 15) is 4.79 Å². The molecule has 4 rings (SSSR count). The Morgan fingerprint density at radius 2 is 2.19 bits per heavy atom. The van der Waals surface area contributed by atoms with E-state index < -0.39 is 0 Å². The molecule has 1 amide bonds. The number of likely N-dealkylation sites (tertiary alicyclic amines) is 1. The van der Waals surface area contributed by atoms with Gasteiger partial charge in [-0.1, -0.05) is 29.8 Å². The summed E-state index contributed by atoms with van der Waals surface area (Å²) in [6.07, 6.45) is 3.33. The van der Waals surface area contributed by atoms with Crippen molar-refractivity contribution in [3.63, 3.8) is 0 Å². The number of nitrogens with one attached hydrogen (secondary N) is 1. The van der Waals surface area contributed by atoms with Gasteiger partial charge in [0.2, 0.25) is 5.91 Å². The zero-order valence-corrected chi connectivity index (χ0v) is 15.7. The fourth-order valence-corrected chi connectivity index (χ4v) is 4.27. The summed E-state index contributed by atoms with van der Waals surface area (Å²) in [5, 5.41) is 8.88. The number of benzene rings is 1. The molecular formula is C20H25ClN4O. The van der Waals surface area contributed by atoms with Crippen molar-refractivity contribution in [2.24, 2.45) is 0 Å². The molecular weight excluding hydrogens is 348 g/mol. The van der Waals surface area contributed by atoms with Crippen molar-refractivity contribution in [2.45, 2.75) is 44.7 Å². The van der Waals surface area contributed by atoms with Crippen molar-refractivity contribution in [3.8, 4) is 0 Å². The van der Waals surface area contributed by atoms with Crippen molar-refractivity contribution in [1.82, 2.24) is 20.0 Å². The van der Waals surface area contributed by atoms with Crippen molar-refractivity contribution < 1.29 is 4.79 Å². The van der Waals surface area contributed by atoms with E-state index in [-0.39, 0.29) is 5.91 Å². The number of carbonyl (C=O) groups excluding carboxylic acids is 1. The van der Waals surface area contributed by atoms with Crippen LogP contribution in [0.2, 0.25) is 5.02 Å². The average Bonchev–Trinajstić information content (AvgIpc) is 3.23. The van der Waals surface area contributed by atoms with Gasteiger partial charge >= 0.3 is 0 Å². The summed E-state index contributed by atoms with van der Waals surface area (Å²) in [6, 6.07) is 10.1. The zero-order valence-electron chi connectivity index (χ0n) is 15.0. The second-order valence-electron chi connectivity index (χ2n) is 7.23. The van der Waals surface area contributed by atoms with E-state index in [4.69, 9.17) is 11.6 Å². The molecule has 1 saturated heterocycles. The SMILES string of the molecule is O=C(CCc1cc2n(n1)CCCNC2)N1CCC(c2ccccc2Cl)C1. The first-order valence-electron chi connectivity index (χ1n) is 9.49. The van der Waals surface area contributed by atoms with Crippen LogP contribution in [0.25, 0.3) is 0 Å². The minimum Gasteiger partial charge on any atom is -0.342 e. The molecule has 0 saturated carbocycles. The van der Waals surface area contributed by atoms with Gasteiger partial charge < -0.3 is 10.2 Å². The van der Waals surface area contributed by atoms with Crippen LogP contribution in [0.15, 0.2) is 30.3 Å². The second kappa shape index (κ2) is 7.80. The molecule has 1 aromatic carbocycles. The zero-order chi connectivity index (χ0) is 17.9. The fraction of sp³-hybridized carbons (Fsp3) is 0.500. The summed E-state index contributed by atoms with van der Waals surface area (Å²) in [6.45, 7) is 4.46. The summed E-state index contributed by atoms with van der Waals surface area (Å²) in [7, 11) is 0. The molecule has 1 atom stereocenters. The standard InChI is InChI=1S/C20H25ClN4O/c21-19-5-2-1-4-18(19)15-8-11-24(14-15)20(26)7-6-16-12-17-13-22-9-3-10-25(17)23-16/h1-2,4-5,12,15,22H,3,6-11,13-14H2. The topological polar surface area (TPSA) is 50.2 Å². The van der Waals surface area contributed by atoms with Gasteiger partial charge in [0.15, 0.2) is 0 Å². The number of hydrogen-bond acceptors (Lipinski definition) is 3. The lowest BCUT2D eigenvalue weighted by Gasteiger charge is -2.17. The average molecular weight is 373 g/mol. The first-order chi connectivity index (χ1) is 12.7. The summed E-state index contributed by atoms with van der Waals surface area (Å²) in [5.74, 6) is 0.572. The van der Waals surface area contributed by atoms with Gasteiger partial charge in [-0.05, 0) is 37.1 Å². The molecule has 1 aromatic heterocycles. The van der Waals surface area contributed by atoms with E-state index in [0.717, 1.165) is 61.8 Å². The highest BCUT2D eigenvalue weighted by Crippen LogP contribution is 2.32. The maximum Gasteiger partial charge on any atom is 0.222 e. The highest BCUT2D eigenvalue weighted by Gasteiger charge is 2.28. The third-order valence-electron chi connectivity index (χ3n) is 5.42. The molecule has 0 radical (unpaired) electrons. The number of nitrogens with zero attached hydrogens (tertiary/aromatic N) is 3. The lowest BCUT2D eigenvalue weighted by atomic mass is 9.98. The maximum absolute atomic E-state index is 12.6. The van der Waals surface area contributed by atoms with E-state index in [0.29, 0.717) is 18.8 Å². The second-order valence-corrected chi connectivity index (χ2v) is 7.63. The van der Waals surface area contributed by atoms with Gasteiger partial charge in [0.05, 0.1) is 11.4 Å². The Morgan fingerprint density at radius 3 is 3.08 bits per heavy atom. The van der Waals surface area contributed by atoms with E-state index in [1.165, 1.54) is 5.69 Å². The van der Waals surface area contributed by atoms with Crippen LogP contribution in [-0.4, -0.2) is 40.2 Å². The predicted molar refractivity (Wildman–Crippen MR) is 102 cm³/mol. The molecule has 1 fully saturated rings. The number of rotatable bonds is 4. The van der Waals surface area contributed by atoms with Gasteiger partial charge in [-0.25, -0.2) is 0 Å². The van der Waals surface area contributed by atoms with Crippen LogP contribution >= 0.6 is 11.6 Å². The van der Waals surface area contributed by atoms with E-state index in [1.54, 1.807) is 0 Å². The van der Waals surface area contributed by atoms with E-state index >= 15 is 0 Å². The Kier molecular flexibility index (Phi) is 5.27. The number of aromatic nitrogens is 2. The van der Waals surface area contributed by atoms with Crippen molar-refractivity contribution in [3.05, 3.63) is 52.3 Å². The van der Waals surface area contributed by atoms with Gasteiger partial charge in [0.1, 0.15) is 0 Å². The van der Waals surface area contributed by atoms with E-state index in [2.05, 4.69) is 27.2 Å². The molecule has 0 aliphatic carbocycles. The van der Waals surface area contributed by atoms with Crippen molar-refractivity contribution in [1.29, 1.82) is 0 Å². The first-order valence-corrected chi connectivity index (χ1v) is 9.87. The highest BCUT2D eigenvalue weighted by atomic mass is 35.5. The molecule has 1 N–H and O–H groups in total. The van der Waals surface area contributed by atoms with Gasteiger partial charge in [0, 0.05) is 50.0 Å². The summed E-state index contributed by atoms with van der Waals surface area (Å²) < 4.78 is 2.09. The summed E-state index contributed by atoms with van der Waals surface area (Å²) in [5.41, 5.74) is 3.42. The predicted octanol–water partition coefficient (Wildman–Crippen LogP) is 2.98. The van der Waals surface area contributed by atoms with Crippen molar-refractivity contribution >= 4 is 17.5 Å². The maximum atomic E-state index is 12.6. The molecule has 138 valence electrons. The molecule has 5 nitrogen and oxygen atoms in total. The first kappa shape index (κ1) is 17.6. The lowest BCUT2D eigenvalue weighted by molar-refractivity contribution is -0.130. The van der Waals surface area contributed by atoms with Crippen LogP contribution < -0.4 is 5.32 Å². The van der Waals surface area contributed by atoms with Crippen LogP contribution in [-0.2, 0) is 24.3 Å². The van der Waals surface area contributed by atoms with Crippen LogP contribution in [0.1, 0.15) is 42.1 Å². The molecule has 0 spiro atoms. The minimum absolute atomic E-state index is 0.223. The largest absolute Gasteiger partial charge is 0.342 e. The molecule has 2 aromatic rings. The molecule has 3 heterocycles. The molecule has 2 aliphatic heterocycles. The molecule has 0 bridgehead atoms. The number of fused-ring (bicyclic) bond motifs is 1. The van der Waals surface area contributed by atoms with Crippen molar-refractivity contribution in [2.75, 3.05) is 19.6 Å². The number of amides is 1. The van der Waals surface area contributed by atoms with Crippen LogP contribution in [0, 0.1) is 0 Å². The summed E-state index contributed by atoms with van der Waals surface area (Å²) in [4.78, 5) is 14.6. The Labute approximate surface area is 159 Å². The Balaban J connectivity index is 1.32. The molecule has 26 heavy (non-hydrogen) atoms. The third-order valence-corrected chi connectivity index (χ3v) is 5.77. The lowest BCUT2D eigenvalue weighted by Crippen LogP contribution is -2.28. The molecule has 2 aliphatic rings. The van der Waals surface area contributed by atoms with Gasteiger partial charge in [-0.15, -0.1) is 0 Å². The fourth-order valence-electron chi connectivity index (χ4n) is 3.98. The smallest absolute Gasteiger partial charge is 0.222 e.